The van der Waals surface area contributed by atoms with Crippen LogP contribution in [0.1, 0.15) is 18.5 Å². The van der Waals surface area contributed by atoms with Crippen LogP contribution in [0.15, 0.2) is 30.3 Å². The van der Waals surface area contributed by atoms with Crippen LogP contribution in [0.3, 0.4) is 0 Å². The number of carbonyl (C=O) groups is 1. The molecule has 2 rings (SSSR count). The van der Waals surface area contributed by atoms with Crippen molar-refractivity contribution >= 4 is 16.0 Å². The van der Waals surface area contributed by atoms with E-state index in [2.05, 4.69) is 0 Å². The fourth-order valence-corrected chi connectivity index (χ4v) is 4.29. The van der Waals surface area contributed by atoms with Crippen LogP contribution in [0.5, 0.6) is 0 Å². The Balaban J connectivity index is 2.42. The number of benzene rings is 1. The molecular formula is C12H15NO4S. The fraction of sp³-hybridized carbons (Fsp3) is 0.417. The number of carboxylic acids is 1. The molecule has 0 aliphatic carbocycles. The minimum absolute atomic E-state index is 0.0175. The molecule has 1 aromatic rings. The molecule has 0 spiro atoms. The van der Waals surface area contributed by atoms with E-state index in [1.807, 2.05) is 0 Å². The van der Waals surface area contributed by atoms with E-state index in [0.717, 1.165) is 4.31 Å². The molecule has 0 aromatic heterocycles. The second-order valence-corrected chi connectivity index (χ2v) is 6.57. The number of nitrogens with zero attached hydrogens (tertiary/aromatic N) is 1. The van der Waals surface area contributed by atoms with Crippen molar-refractivity contribution in [2.45, 2.75) is 13.0 Å². The van der Waals surface area contributed by atoms with Gasteiger partial charge in [-0.1, -0.05) is 37.3 Å². The predicted octanol–water partition coefficient (Wildman–Crippen LogP) is 1.09. The van der Waals surface area contributed by atoms with Crippen molar-refractivity contribution in [3.63, 3.8) is 0 Å². The van der Waals surface area contributed by atoms with Gasteiger partial charge >= 0.3 is 5.97 Å². The van der Waals surface area contributed by atoms with E-state index < -0.39 is 22.0 Å². The summed E-state index contributed by atoms with van der Waals surface area (Å²) in [4.78, 5) is 11.4. The van der Waals surface area contributed by atoms with Crippen LogP contribution in [0.2, 0.25) is 0 Å². The molecule has 0 radical (unpaired) electrons. The number of rotatable bonds is 3. The van der Waals surface area contributed by atoms with E-state index in [9.17, 15) is 18.3 Å². The maximum Gasteiger partial charge on any atom is 0.326 e. The Morgan fingerprint density at radius 2 is 2.00 bits per heavy atom. The van der Waals surface area contributed by atoms with Crippen LogP contribution in [0.25, 0.3) is 0 Å². The second-order valence-electron chi connectivity index (χ2n) is 4.60. The van der Waals surface area contributed by atoms with Crippen LogP contribution in [-0.4, -0.2) is 36.1 Å². The van der Waals surface area contributed by atoms with Gasteiger partial charge in [-0.25, -0.2) is 8.42 Å². The molecule has 0 amide bonds. The van der Waals surface area contributed by atoms with Crippen molar-refractivity contribution in [2.75, 3.05) is 12.3 Å². The van der Waals surface area contributed by atoms with Gasteiger partial charge in [-0.15, -0.1) is 0 Å². The van der Waals surface area contributed by atoms with Gasteiger partial charge in [-0.05, 0) is 11.5 Å². The minimum Gasteiger partial charge on any atom is -0.480 e. The third kappa shape index (κ3) is 2.39. The first kappa shape index (κ1) is 13.0. The number of hydrogen-bond acceptors (Lipinski definition) is 3. The topological polar surface area (TPSA) is 74.7 Å². The first-order valence-electron chi connectivity index (χ1n) is 5.69. The van der Waals surface area contributed by atoms with Crippen LogP contribution in [0, 0.1) is 5.92 Å². The van der Waals surface area contributed by atoms with Crippen LogP contribution in [0.4, 0.5) is 0 Å². The molecule has 1 aromatic carbocycles. The van der Waals surface area contributed by atoms with Gasteiger partial charge in [0.2, 0.25) is 10.0 Å². The lowest BCUT2D eigenvalue weighted by Crippen LogP contribution is -2.35. The van der Waals surface area contributed by atoms with E-state index in [0.29, 0.717) is 5.56 Å². The van der Waals surface area contributed by atoms with Crippen molar-refractivity contribution in [1.82, 2.24) is 4.31 Å². The quantitative estimate of drug-likeness (QED) is 0.891. The van der Waals surface area contributed by atoms with E-state index >= 15 is 0 Å². The molecule has 5 nitrogen and oxygen atoms in total. The molecule has 2 unspecified atom stereocenters. The lowest BCUT2D eigenvalue weighted by molar-refractivity contribution is -0.141. The van der Waals surface area contributed by atoms with Crippen LogP contribution < -0.4 is 0 Å². The molecule has 1 fully saturated rings. The first-order chi connectivity index (χ1) is 8.42. The Morgan fingerprint density at radius 1 is 1.39 bits per heavy atom. The molecule has 1 saturated heterocycles. The van der Waals surface area contributed by atoms with Crippen molar-refractivity contribution < 1.29 is 18.3 Å². The SMILES string of the molecule is CC1CN(C(C(=O)O)c2ccccc2)S(=O)(=O)C1. The van der Waals surface area contributed by atoms with Crippen LogP contribution >= 0.6 is 0 Å². The normalized spacial score (nSPS) is 24.8. The molecule has 6 heteroatoms. The summed E-state index contributed by atoms with van der Waals surface area (Å²) in [6, 6.07) is 7.33. The highest BCUT2D eigenvalue weighted by Crippen LogP contribution is 2.30. The molecule has 0 saturated carbocycles. The molecule has 1 aliphatic heterocycles. The summed E-state index contributed by atoms with van der Waals surface area (Å²) in [6.45, 7) is 2.07. The molecule has 0 bridgehead atoms. The fourth-order valence-electron chi connectivity index (χ4n) is 2.26. The lowest BCUT2D eigenvalue weighted by atomic mass is 10.1. The van der Waals surface area contributed by atoms with Gasteiger partial charge in [0, 0.05) is 6.54 Å². The summed E-state index contributed by atoms with van der Waals surface area (Å²) in [5, 5.41) is 9.30. The molecule has 98 valence electrons. The van der Waals surface area contributed by atoms with Crippen molar-refractivity contribution in [1.29, 1.82) is 0 Å². The molecule has 1 aliphatic rings. The summed E-state index contributed by atoms with van der Waals surface area (Å²) >= 11 is 0. The first-order valence-corrected chi connectivity index (χ1v) is 7.30. The summed E-state index contributed by atoms with van der Waals surface area (Å²) in [5.74, 6) is -1.16. The van der Waals surface area contributed by atoms with E-state index in [-0.39, 0.29) is 18.2 Å². The maximum atomic E-state index is 12.0. The van der Waals surface area contributed by atoms with Gasteiger partial charge in [0.1, 0.15) is 6.04 Å². The zero-order chi connectivity index (χ0) is 13.3. The van der Waals surface area contributed by atoms with Crippen molar-refractivity contribution in [3.05, 3.63) is 35.9 Å². The largest absolute Gasteiger partial charge is 0.480 e. The predicted molar refractivity (Wildman–Crippen MR) is 66.5 cm³/mol. The smallest absolute Gasteiger partial charge is 0.326 e. The number of hydrogen-bond donors (Lipinski definition) is 1. The summed E-state index contributed by atoms with van der Waals surface area (Å²) in [7, 11) is -3.48. The Morgan fingerprint density at radius 3 is 2.44 bits per heavy atom. The third-order valence-corrected chi connectivity index (χ3v) is 5.05. The zero-order valence-electron chi connectivity index (χ0n) is 9.98. The van der Waals surface area contributed by atoms with Gasteiger partial charge in [-0.2, -0.15) is 4.31 Å². The van der Waals surface area contributed by atoms with E-state index in [4.69, 9.17) is 0 Å². The standard InChI is InChI=1S/C12H15NO4S/c1-9-7-13(18(16,17)8-9)11(12(14)15)10-5-3-2-4-6-10/h2-6,9,11H,7-8H2,1H3,(H,14,15). The van der Waals surface area contributed by atoms with Gasteiger partial charge < -0.3 is 5.11 Å². The van der Waals surface area contributed by atoms with Gasteiger partial charge in [0.15, 0.2) is 0 Å². The number of carboxylic acid groups (broad SMARTS) is 1. The highest BCUT2D eigenvalue weighted by molar-refractivity contribution is 7.89. The van der Waals surface area contributed by atoms with E-state index in [1.165, 1.54) is 0 Å². The summed E-state index contributed by atoms with van der Waals surface area (Å²) in [6.07, 6.45) is 0. The van der Waals surface area contributed by atoms with E-state index in [1.54, 1.807) is 37.3 Å². The van der Waals surface area contributed by atoms with Crippen molar-refractivity contribution in [3.8, 4) is 0 Å². The highest BCUT2D eigenvalue weighted by atomic mass is 32.2. The Kier molecular flexibility index (Phi) is 3.41. The Bertz CT molecular complexity index is 540. The Labute approximate surface area is 106 Å². The maximum absolute atomic E-state index is 12.0. The lowest BCUT2D eigenvalue weighted by Gasteiger charge is -2.23. The minimum atomic E-state index is -3.48. The van der Waals surface area contributed by atoms with Gasteiger partial charge in [-0.3, -0.25) is 4.79 Å². The van der Waals surface area contributed by atoms with Crippen LogP contribution in [-0.2, 0) is 14.8 Å². The number of aliphatic carboxylic acids is 1. The zero-order valence-corrected chi connectivity index (χ0v) is 10.8. The third-order valence-electron chi connectivity index (χ3n) is 2.98. The number of sulfonamides is 1. The average molecular weight is 269 g/mol. The summed E-state index contributed by atoms with van der Waals surface area (Å²) < 4.78 is 25.0. The molecule has 1 N–H and O–H groups in total. The average Bonchev–Trinajstić information content (AvgIpc) is 2.53. The molecule has 2 atom stereocenters. The molecular weight excluding hydrogens is 254 g/mol. The van der Waals surface area contributed by atoms with Gasteiger partial charge in [0.25, 0.3) is 0 Å². The summed E-state index contributed by atoms with van der Waals surface area (Å²) in [5.41, 5.74) is 0.489. The molecule has 1 heterocycles. The monoisotopic (exact) mass is 269 g/mol. The Hall–Kier alpha value is -1.40. The molecule has 18 heavy (non-hydrogen) atoms. The highest BCUT2D eigenvalue weighted by Gasteiger charge is 2.42. The van der Waals surface area contributed by atoms with Crippen molar-refractivity contribution in [2.24, 2.45) is 5.92 Å². The van der Waals surface area contributed by atoms with Gasteiger partial charge in [0.05, 0.1) is 5.75 Å². The second kappa shape index (κ2) is 4.70.